The first-order valence-electron chi connectivity index (χ1n) is 10.6. The van der Waals surface area contributed by atoms with Crippen molar-refractivity contribution in [3.05, 3.63) is 72.1 Å². The summed E-state index contributed by atoms with van der Waals surface area (Å²) in [6, 6.07) is 15.0. The van der Waals surface area contributed by atoms with Crippen LogP contribution in [-0.2, 0) is 25.7 Å². The molecule has 164 valence electrons. The average molecular weight is 431 g/mol. The molecular formula is C25H25N3O4. The predicted octanol–water partition coefficient (Wildman–Crippen LogP) is 3.18. The molecular weight excluding hydrogens is 406 g/mol. The minimum absolute atomic E-state index is 0.128. The number of fused-ring (bicyclic) bond motifs is 1. The molecule has 1 aromatic heterocycles. The molecule has 1 heterocycles. The van der Waals surface area contributed by atoms with E-state index in [9.17, 15) is 14.4 Å². The first kappa shape index (κ1) is 21.6. The standard InChI is InChI=1S/C25H25N3O4/c26-9-7-22(24(30)28-21-6-5-19-13-27-10-8-18(19)11-21)17-3-1-16(2-4-17)15-32-25(31)23-12-20(23)14-29/h1-6,8,10-11,13-14,20,22-23H,7,9,12,15,26H2,(H,28,30). The lowest BCUT2D eigenvalue weighted by molar-refractivity contribution is -0.147. The number of rotatable bonds is 9. The molecule has 3 N–H and O–H groups in total. The summed E-state index contributed by atoms with van der Waals surface area (Å²) in [5.74, 6) is -1.35. The van der Waals surface area contributed by atoms with Gasteiger partial charge in [0.15, 0.2) is 0 Å². The van der Waals surface area contributed by atoms with Crippen LogP contribution in [0.3, 0.4) is 0 Å². The van der Waals surface area contributed by atoms with Crippen molar-refractivity contribution in [1.29, 1.82) is 0 Å². The van der Waals surface area contributed by atoms with Gasteiger partial charge in [-0.25, -0.2) is 0 Å². The minimum atomic E-state index is -0.399. The monoisotopic (exact) mass is 431 g/mol. The number of amides is 1. The van der Waals surface area contributed by atoms with Crippen LogP contribution in [0.2, 0.25) is 0 Å². The van der Waals surface area contributed by atoms with E-state index in [0.29, 0.717) is 25.1 Å². The lowest BCUT2D eigenvalue weighted by Crippen LogP contribution is -2.23. The highest BCUT2D eigenvalue weighted by Crippen LogP contribution is 2.37. The molecule has 0 bridgehead atoms. The number of aldehydes is 1. The van der Waals surface area contributed by atoms with Crippen molar-refractivity contribution in [3.8, 4) is 0 Å². The number of carbonyl (C=O) groups is 3. The molecule has 1 saturated carbocycles. The molecule has 3 aromatic rings. The fourth-order valence-corrected chi connectivity index (χ4v) is 3.75. The summed E-state index contributed by atoms with van der Waals surface area (Å²) in [7, 11) is 0. The van der Waals surface area contributed by atoms with Crippen LogP contribution in [0.1, 0.15) is 29.9 Å². The average Bonchev–Trinajstić information content (AvgIpc) is 3.61. The molecule has 32 heavy (non-hydrogen) atoms. The number of esters is 1. The van der Waals surface area contributed by atoms with Gasteiger partial charge in [0.2, 0.25) is 5.91 Å². The topological polar surface area (TPSA) is 111 Å². The van der Waals surface area contributed by atoms with Crippen molar-refractivity contribution < 1.29 is 19.1 Å². The van der Waals surface area contributed by atoms with Crippen molar-refractivity contribution in [2.24, 2.45) is 17.6 Å². The Morgan fingerprint density at radius 3 is 2.69 bits per heavy atom. The van der Waals surface area contributed by atoms with E-state index in [1.807, 2.05) is 48.5 Å². The number of pyridine rings is 1. The van der Waals surface area contributed by atoms with Gasteiger partial charge in [0.1, 0.15) is 12.9 Å². The fourth-order valence-electron chi connectivity index (χ4n) is 3.75. The Labute approximate surface area is 186 Å². The third kappa shape index (κ3) is 5.00. The normalized spacial score (nSPS) is 18.0. The third-order valence-corrected chi connectivity index (χ3v) is 5.76. The first-order valence-corrected chi connectivity index (χ1v) is 10.6. The Morgan fingerprint density at radius 2 is 1.97 bits per heavy atom. The fraction of sp³-hybridized carbons (Fsp3) is 0.280. The second kappa shape index (κ2) is 9.70. The molecule has 2 aromatic carbocycles. The molecule has 4 rings (SSSR count). The maximum atomic E-state index is 13.0. The molecule has 0 saturated heterocycles. The number of hydrogen-bond donors (Lipinski definition) is 2. The van der Waals surface area contributed by atoms with Crippen LogP contribution < -0.4 is 11.1 Å². The van der Waals surface area contributed by atoms with Gasteiger partial charge in [-0.3, -0.25) is 14.6 Å². The van der Waals surface area contributed by atoms with Gasteiger partial charge in [-0.05, 0) is 54.1 Å². The van der Waals surface area contributed by atoms with E-state index in [1.165, 1.54) is 0 Å². The van der Waals surface area contributed by atoms with Crippen molar-refractivity contribution in [1.82, 2.24) is 4.98 Å². The highest BCUT2D eigenvalue weighted by atomic mass is 16.5. The lowest BCUT2D eigenvalue weighted by atomic mass is 9.94. The number of aromatic nitrogens is 1. The van der Waals surface area contributed by atoms with Gasteiger partial charge in [0, 0.05) is 29.4 Å². The van der Waals surface area contributed by atoms with Gasteiger partial charge in [0.25, 0.3) is 0 Å². The number of hydrogen-bond acceptors (Lipinski definition) is 6. The lowest BCUT2D eigenvalue weighted by Gasteiger charge is -2.17. The Balaban J connectivity index is 1.40. The zero-order valence-corrected chi connectivity index (χ0v) is 17.6. The molecule has 7 nitrogen and oxygen atoms in total. The molecule has 0 spiro atoms. The van der Waals surface area contributed by atoms with E-state index >= 15 is 0 Å². The molecule has 1 fully saturated rings. The third-order valence-electron chi connectivity index (χ3n) is 5.76. The van der Waals surface area contributed by atoms with Gasteiger partial charge >= 0.3 is 5.97 Å². The van der Waals surface area contributed by atoms with Crippen LogP contribution >= 0.6 is 0 Å². The van der Waals surface area contributed by atoms with Gasteiger partial charge in [-0.15, -0.1) is 0 Å². The van der Waals surface area contributed by atoms with E-state index in [-0.39, 0.29) is 30.3 Å². The highest BCUT2D eigenvalue weighted by molar-refractivity contribution is 5.98. The number of benzene rings is 2. The zero-order chi connectivity index (χ0) is 22.5. The highest BCUT2D eigenvalue weighted by Gasteiger charge is 2.44. The van der Waals surface area contributed by atoms with Crippen LogP contribution in [-0.4, -0.2) is 29.7 Å². The Bertz CT molecular complexity index is 1130. The number of carbonyl (C=O) groups excluding carboxylic acids is 3. The van der Waals surface area contributed by atoms with E-state index in [2.05, 4.69) is 10.3 Å². The molecule has 0 aliphatic heterocycles. The van der Waals surface area contributed by atoms with Crippen molar-refractivity contribution in [2.45, 2.75) is 25.4 Å². The molecule has 7 heteroatoms. The summed E-state index contributed by atoms with van der Waals surface area (Å²) in [5.41, 5.74) is 8.15. The molecule has 3 unspecified atom stereocenters. The van der Waals surface area contributed by atoms with Crippen molar-refractivity contribution in [3.63, 3.8) is 0 Å². The number of ether oxygens (including phenoxy) is 1. The van der Waals surface area contributed by atoms with Gasteiger partial charge in [-0.2, -0.15) is 0 Å². The maximum Gasteiger partial charge on any atom is 0.310 e. The van der Waals surface area contributed by atoms with E-state index in [0.717, 1.165) is 28.2 Å². The quantitative estimate of drug-likeness (QED) is 0.398. The van der Waals surface area contributed by atoms with Gasteiger partial charge in [0.05, 0.1) is 11.8 Å². The van der Waals surface area contributed by atoms with Crippen molar-refractivity contribution in [2.75, 3.05) is 11.9 Å². The minimum Gasteiger partial charge on any atom is -0.461 e. The largest absolute Gasteiger partial charge is 0.461 e. The van der Waals surface area contributed by atoms with Gasteiger partial charge in [-0.1, -0.05) is 30.3 Å². The Hall–Kier alpha value is -3.58. The van der Waals surface area contributed by atoms with Crippen LogP contribution in [0.25, 0.3) is 10.8 Å². The SMILES string of the molecule is NCCC(C(=O)Nc1ccc2cnccc2c1)c1ccc(COC(=O)C2CC2C=O)cc1. The summed E-state index contributed by atoms with van der Waals surface area (Å²) >= 11 is 0. The summed E-state index contributed by atoms with van der Waals surface area (Å²) in [6.45, 7) is 0.515. The Morgan fingerprint density at radius 1 is 1.16 bits per heavy atom. The molecule has 0 radical (unpaired) electrons. The van der Waals surface area contributed by atoms with Crippen molar-refractivity contribution >= 4 is 34.6 Å². The second-order valence-corrected chi connectivity index (χ2v) is 8.05. The Kier molecular flexibility index (Phi) is 6.56. The zero-order valence-electron chi connectivity index (χ0n) is 17.6. The second-order valence-electron chi connectivity index (χ2n) is 8.05. The summed E-state index contributed by atoms with van der Waals surface area (Å²) < 4.78 is 5.29. The molecule has 3 atom stereocenters. The van der Waals surface area contributed by atoms with Gasteiger partial charge < -0.3 is 20.6 Å². The van der Waals surface area contributed by atoms with E-state index < -0.39 is 5.92 Å². The molecule has 1 aliphatic carbocycles. The van der Waals surface area contributed by atoms with Crippen LogP contribution in [0, 0.1) is 11.8 Å². The summed E-state index contributed by atoms with van der Waals surface area (Å²) in [5, 5.41) is 4.99. The maximum absolute atomic E-state index is 13.0. The molecule has 1 aliphatic rings. The number of nitrogens with zero attached hydrogens (tertiary/aromatic N) is 1. The van der Waals surface area contributed by atoms with Crippen LogP contribution in [0.15, 0.2) is 60.9 Å². The number of nitrogens with two attached hydrogens (primary N) is 1. The number of nitrogens with one attached hydrogen (secondary N) is 1. The van der Waals surface area contributed by atoms with E-state index in [1.54, 1.807) is 12.4 Å². The first-order chi connectivity index (χ1) is 15.6. The summed E-state index contributed by atoms with van der Waals surface area (Å²) in [4.78, 5) is 39.7. The summed E-state index contributed by atoms with van der Waals surface area (Å²) in [6.07, 6.45) is 5.38. The van der Waals surface area contributed by atoms with Crippen LogP contribution in [0.5, 0.6) is 0 Å². The van der Waals surface area contributed by atoms with E-state index in [4.69, 9.17) is 10.5 Å². The number of anilines is 1. The smallest absolute Gasteiger partial charge is 0.310 e. The predicted molar refractivity (Wildman–Crippen MR) is 121 cm³/mol. The van der Waals surface area contributed by atoms with Crippen LogP contribution in [0.4, 0.5) is 5.69 Å². The molecule has 1 amide bonds.